The first kappa shape index (κ1) is 22.1. The van der Waals surface area contributed by atoms with Crippen LogP contribution in [-0.4, -0.2) is 24.3 Å². The lowest BCUT2D eigenvalue weighted by atomic mass is 10.0. The van der Waals surface area contributed by atoms with Crippen LogP contribution in [0, 0.1) is 6.92 Å². The molecule has 3 rings (SSSR count). The number of carbonyl (C=O) groups is 1. The Hall–Kier alpha value is -3.57. The third-order valence-corrected chi connectivity index (χ3v) is 4.76. The van der Waals surface area contributed by atoms with Gasteiger partial charge >= 0.3 is 5.97 Å². The Kier molecular flexibility index (Phi) is 7.85. The smallest absolute Gasteiger partial charge is 0.307 e. The largest absolute Gasteiger partial charge is 0.491 e. The molecule has 0 amide bonds. The highest BCUT2D eigenvalue weighted by molar-refractivity contribution is 5.70. The Labute approximate surface area is 182 Å². The van der Waals surface area contributed by atoms with Gasteiger partial charge in [0.05, 0.1) is 12.1 Å². The predicted octanol–water partition coefficient (Wildman–Crippen LogP) is 5.25. The molecule has 5 nitrogen and oxygen atoms in total. The lowest BCUT2D eigenvalue weighted by Gasteiger charge is -2.13. The molecule has 0 unspecified atom stereocenters. The first-order valence-electron chi connectivity index (χ1n) is 10.2. The summed E-state index contributed by atoms with van der Waals surface area (Å²) in [5, 5.41) is 8.88. The Bertz CT molecular complexity index is 1020. The first-order valence-corrected chi connectivity index (χ1v) is 10.2. The standard InChI is InChI=1S/C26H27NO4/c1-3-25(23-13-11-22(12-14-23)21-9-7-19(2)8-10-21)27-31-16-15-30-24-6-4-5-20(17-24)18-26(28)29/h3-14,17,27H,15-16,18H2,1-2H3,(H,28,29). The summed E-state index contributed by atoms with van der Waals surface area (Å²) in [4.78, 5) is 16.4. The lowest BCUT2D eigenvalue weighted by Crippen LogP contribution is -2.17. The highest BCUT2D eigenvalue weighted by Crippen LogP contribution is 2.22. The molecule has 2 N–H and O–H groups in total. The van der Waals surface area contributed by atoms with Crippen molar-refractivity contribution in [3.63, 3.8) is 0 Å². The molecule has 0 bridgehead atoms. The van der Waals surface area contributed by atoms with E-state index >= 15 is 0 Å². The second kappa shape index (κ2) is 11.0. The molecule has 0 atom stereocenters. The van der Waals surface area contributed by atoms with Gasteiger partial charge < -0.3 is 9.84 Å². The minimum absolute atomic E-state index is 0.0252. The van der Waals surface area contributed by atoms with Gasteiger partial charge in [-0.05, 0) is 48.2 Å². The van der Waals surface area contributed by atoms with Crippen molar-refractivity contribution in [1.29, 1.82) is 0 Å². The normalized spacial score (nSPS) is 11.2. The molecule has 0 heterocycles. The van der Waals surface area contributed by atoms with Crippen LogP contribution in [0.4, 0.5) is 0 Å². The van der Waals surface area contributed by atoms with Gasteiger partial charge in [0.15, 0.2) is 0 Å². The van der Waals surface area contributed by atoms with Gasteiger partial charge in [-0.25, -0.2) is 0 Å². The fraction of sp³-hybridized carbons (Fsp3) is 0.192. The lowest BCUT2D eigenvalue weighted by molar-refractivity contribution is -0.136. The van der Waals surface area contributed by atoms with Crippen LogP contribution in [-0.2, 0) is 16.1 Å². The van der Waals surface area contributed by atoms with Crippen LogP contribution in [0.25, 0.3) is 16.8 Å². The number of rotatable bonds is 10. The molecule has 0 saturated carbocycles. The van der Waals surface area contributed by atoms with Gasteiger partial charge in [-0.1, -0.05) is 72.3 Å². The minimum Gasteiger partial charge on any atom is -0.491 e. The average molecular weight is 418 g/mol. The number of hydrogen-bond acceptors (Lipinski definition) is 4. The molecule has 5 heteroatoms. The van der Waals surface area contributed by atoms with E-state index in [9.17, 15) is 4.79 Å². The van der Waals surface area contributed by atoms with Crippen LogP contribution in [0.2, 0.25) is 0 Å². The zero-order valence-electron chi connectivity index (χ0n) is 17.8. The molecule has 0 aromatic heterocycles. The fourth-order valence-electron chi connectivity index (χ4n) is 3.12. The van der Waals surface area contributed by atoms with Crippen molar-refractivity contribution in [2.24, 2.45) is 0 Å². The van der Waals surface area contributed by atoms with Crippen molar-refractivity contribution in [3.05, 3.63) is 95.6 Å². The molecule has 0 fully saturated rings. The monoisotopic (exact) mass is 417 g/mol. The maximum Gasteiger partial charge on any atom is 0.307 e. The number of hydroxylamine groups is 1. The predicted molar refractivity (Wildman–Crippen MR) is 123 cm³/mol. The molecular weight excluding hydrogens is 390 g/mol. The summed E-state index contributed by atoms with van der Waals surface area (Å²) < 4.78 is 5.65. The summed E-state index contributed by atoms with van der Waals surface area (Å²) >= 11 is 0. The quantitative estimate of drug-likeness (QED) is 0.348. The molecule has 0 saturated heterocycles. The van der Waals surface area contributed by atoms with Crippen molar-refractivity contribution in [1.82, 2.24) is 5.48 Å². The number of aliphatic carboxylic acids is 1. The van der Waals surface area contributed by atoms with Gasteiger partial charge in [0.2, 0.25) is 0 Å². The van der Waals surface area contributed by atoms with Crippen LogP contribution in [0.5, 0.6) is 5.75 Å². The molecule has 3 aromatic carbocycles. The maximum absolute atomic E-state index is 10.8. The van der Waals surface area contributed by atoms with E-state index in [4.69, 9.17) is 14.7 Å². The van der Waals surface area contributed by atoms with Crippen molar-refractivity contribution >= 4 is 11.7 Å². The minimum atomic E-state index is -0.865. The third-order valence-electron chi connectivity index (χ3n) is 4.76. The molecule has 0 radical (unpaired) electrons. The molecule has 160 valence electrons. The molecular formula is C26H27NO4. The van der Waals surface area contributed by atoms with Gasteiger partial charge in [-0.3, -0.25) is 15.1 Å². The summed E-state index contributed by atoms with van der Waals surface area (Å²) in [6.45, 7) is 4.71. The second-order valence-electron chi connectivity index (χ2n) is 7.16. The SMILES string of the molecule is CC=C(NOCCOc1cccc(CC(=O)O)c1)c1ccc(-c2ccc(C)cc2)cc1. The highest BCUT2D eigenvalue weighted by Gasteiger charge is 2.04. The van der Waals surface area contributed by atoms with Crippen LogP contribution in [0.15, 0.2) is 78.9 Å². The van der Waals surface area contributed by atoms with Gasteiger partial charge in [0.25, 0.3) is 0 Å². The maximum atomic E-state index is 10.8. The Morgan fingerprint density at radius 1 is 0.968 bits per heavy atom. The number of carboxylic acid groups (broad SMARTS) is 1. The third kappa shape index (κ3) is 6.73. The van der Waals surface area contributed by atoms with Crippen LogP contribution >= 0.6 is 0 Å². The van der Waals surface area contributed by atoms with Gasteiger partial charge in [-0.15, -0.1) is 0 Å². The van der Waals surface area contributed by atoms with Crippen molar-refractivity contribution in [2.45, 2.75) is 20.3 Å². The van der Waals surface area contributed by atoms with E-state index < -0.39 is 5.97 Å². The van der Waals surface area contributed by atoms with E-state index in [-0.39, 0.29) is 6.42 Å². The van der Waals surface area contributed by atoms with Gasteiger partial charge in [0.1, 0.15) is 19.0 Å². The number of aryl methyl sites for hydroxylation is 1. The van der Waals surface area contributed by atoms with Gasteiger partial charge in [0, 0.05) is 0 Å². The number of ether oxygens (including phenoxy) is 1. The van der Waals surface area contributed by atoms with Crippen LogP contribution < -0.4 is 10.2 Å². The molecule has 0 aliphatic heterocycles. The van der Waals surface area contributed by atoms with Crippen molar-refractivity contribution in [3.8, 4) is 16.9 Å². The number of benzene rings is 3. The Morgan fingerprint density at radius 3 is 2.29 bits per heavy atom. The van der Waals surface area contributed by atoms with Crippen molar-refractivity contribution < 1.29 is 19.5 Å². The topological polar surface area (TPSA) is 67.8 Å². The summed E-state index contributed by atoms with van der Waals surface area (Å²) in [7, 11) is 0. The first-order chi connectivity index (χ1) is 15.0. The van der Waals surface area contributed by atoms with Crippen LogP contribution in [0.1, 0.15) is 23.6 Å². The number of carboxylic acids is 1. The zero-order chi connectivity index (χ0) is 22.1. The molecule has 0 aliphatic rings. The Balaban J connectivity index is 1.47. The second-order valence-corrected chi connectivity index (χ2v) is 7.16. The average Bonchev–Trinajstić information content (AvgIpc) is 2.77. The van der Waals surface area contributed by atoms with E-state index in [1.807, 2.05) is 13.0 Å². The molecule has 0 spiro atoms. The molecule has 0 aliphatic carbocycles. The van der Waals surface area contributed by atoms with E-state index in [2.05, 4.69) is 60.9 Å². The van der Waals surface area contributed by atoms with E-state index in [0.29, 0.717) is 24.5 Å². The number of nitrogens with one attached hydrogen (secondary N) is 1. The summed E-state index contributed by atoms with van der Waals surface area (Å²) in [5.41, 5.74) is 9.18. The van der Waals surface area contributed by atoms with E-state index in [1.54, 1.807) is 24.3 Å². The summed E-state index contributed by atoms with van der Waals surface area (Å²) in [5.74, 6) is -0.240. The summed E-state index contributed by atoms with van der Waals surface area (Å²) in [6.07, 6.45) is 1.93. The van der Waals surface area contributed by atoms with E-state index in [0.717, 1.165) is 11.3 Å². The van der Waals surface area contributed by atoms with Crippen molar-refractivity contribution in [2.75, 3.05) is 13.2 Å². The number of allylic oxidation sites excluding steroid dienone is 1. The Morgan fingerprint density at radius 2 is 1.65 bits per heavy atom. The molecule has 31 heavy (non-hydrogen) atoms. The highest BCUT2D eigenvalue weighted by atomic mass is 16.7. The van der Waals surface area contributed by atoms with Gasteiger partial charge in [-0.2, -0.15) is 0 Å². The zero-order valence-corrected chi connectivity index (χ0v) is 17.8. The van der Waals surface area contributed by atoms with Crippen LogP contribution in [0.3, 0.4) is 0 Å². The molecule has 3 aromatic rings. The number of hydrogen-bond donors (Lipinski definition) is 2. The summed E-state index contributed by atoms with van der Waals surface area (Å²) in [6, 6.07) is 23.9. The fourth-order valence-corrected chi connectivity index (χ4v) is 3.12. The van der Waals surface area contributed by atoms with E-state index in [1.165, 1.54) is 16.7 Å².